The zero-order chi connectivity index (χ0) is 22.9. The second-order valence-corrected chi connectivity index (χ2v) is 8.59. The van der Waals surface area contributed by atoms with Crippen molar-refractivity contribution >= 4 is 34.9 Å². The first-order valence-electron chi connectivity index (χ1n) is 10.5. The highest BCUT2D eigenvalue weighted by Gasteiger charge is 2.34. The molecule has 1 aromatic heterocycles. The van der Waals surface area contributed by atoms with Crippen LogP contribution in [0.2, 0.25) is 5.02 Å². The molecule has 8 heteroatoms. The van der Waals surface area contributed by atoms with Gasteiger partial charge in [-0.2, -0.15) is 0 Å². The standard InChI is InChI=1S/C23H27ClFN3O3/c1-5-23(4,6-2)27-22(31)20(29)18-13(3)19(28-11-7-8-17(18)28)21(30)26-14-9-10-16(25)15(24)12-14/h9-10,12H,5-8,11H2,1-4H3,(H,26,30)(H,27,31). The number of fused-ring (bicyclic) bond motifs is 1. The molecule has 31 heavy (non-hydrogen) atoms. The number of carbonyl (C=O) groups excluding carboxylic acids is 3. The Morgan fingerprint density at radius 1 is 1.23 bits per heavy atom. The third-order valence-corrected chi connectivity index (χ3v) is 6.50. The van der Waals surface area contributed by atoms with Crippen molar-refractivity contribution in [1.29, 1.82) is 0 Å². The zero-order valence-corrected chi connectivity index (χ0v) is 19.0. The van der Waals surface area contributed by atoms with E-state index in [9.17, 15) is 18.8 Å². The third kappa shape index (κ3) is 4.37. The van der Waals surface area contributed by atoms with Crippen LogP contribution in [0, 0.1) is 12.7 Å². The van der Waals surface area contributed by atoms with E-state index in [-0.39, 0.29) is 5.02 Å². The number of carbonyl (C=O) groups is 3. The summed E-state index contributed by atoms with van der Waals surface area (Å²) < 4.78 is 15.2. The van der Waals surface area contributed by atoms with Crippen LogP contribution in [-0.4, -0.2) is 27.7 Å². The number of rotatable bonds is 7. The molecule has 6 nitrogen and oxygen atoms in total. The molecule has 0 spiro atoms. The number of hydrogen-bond acceptors (Lipinski definition) is 3. The monoisotopic (exact) mass is 447 g/mol. The number of aromatic nitrogens is 1. The quantitative estimate of drug-likeness (QED) is 0.478. The van der Waals surface area contributed by atoms with Crippen LogP contribution in [0.4, 0.5) is 10.1 Å². The van der Waals surface area contributed by atoms with E-state index in [0.717, 1.165) is 6.42 Å². The summed E-state index contributed by atoms with van der Waals surface area (Å²) in [6, 6.07) is 3.91. The summed E-state index contributed by atoms with van der Waals surface area (Å²) in [6.45, 7) is 8.08. The van der Waals surface area contributed by atoms with Gasteiger partial charge in [-0.3, -0.25) is 14.4 Å². The highest BCUT2D eigenvalue weighted by Crippen LogP contribution is 2.30. The maximum atomic E-state index is 13.4. The minimum Gasteiger partial charge on any atom is -0.344 e. The fourth-order valence-corrected chi connectivity index (χ4v) is 4.13. The van der Waals surface area contributed by atoms with Gasteiger partial charge in [0, 0.05) is 23.5 Å². The van der Waals surface area contributed by atoms with Crippen LogP contribution >= 0.6 is 11.6 Å². The SMILES string of the molecule is CCC(C)(CC)NC(=O)C(=O)c1c(C)c(C(=O)Nc2ccc(F)c(Cl)c2)n2c1CCC2. The third-order valence-electron chi connectivity index (χ3n) is 6.21. The van der Waals surface area contributed by atoms with Crippen molar-refractivity contribution in [2.75, 3.05) is 5.32 Å². The average Bonchev–Trinajstić information content (AvgIpc) is 3.29. The van der Waals surface area contributed by atoms with Crippen LogP contribution in [0.25, 0.3) is 0 Å². The van der Waals surface area contributed by atoms with Gasteiger partial charge >= 0.3 is 0 Å². The van der Waals surface area contributed by atoms with E-state index >= 15 is 0 Å². The Bertz CT molecular complexity index is 1060. The molecule has 1 aliphatic rings. The Balaban J connectivity index is 1.93. The number of amides is 2. The number of nitrogens with one attached hydrogen (secondary N) is 2. The number of hydrogen-bond donors (Lipinski definition) is 2. The van der Waals surface area contributed by atoms with Crippen LogP contribution in [0.15, 0.2) is 18.2 Å². The first-order valence-corrected chi connectivity index (χ1v) is 10.8. The van der Waals surface area contributed by atoms with Crippen molar-refractivity contribution in [3.05, 3.63) is 51.6 Å². The molecule has 0 atom stereocenters. The smallest absolute Gasteiger partial charge is 0.292 e. The van der Waals surface area contributed by atoms with Crippen LogP contribution < -0.4 is 10.6 Å². The van der Waals surface area contributed by atoms with E-state index in [1.807, 2.05) is 20.8 Å². The number of benzene rings is 1. The molecular formula is C23H27ClFN3O3. The maximum Gasteiger partial charge on any atom is 0.292 e. The van der Waals surface area contributed by atoms with Gasteiger partial charge in [0.15, 0.2) is 0 Å². The van der Waals surface area contributed by atoms with Crippen LogP contribution in [0.1, 0.15) is 72.1 Å². The summed E-state index contributed by atoms with van der Waals surface area (Å²) in [5.74, 6) is -2.30. The van der Waals surface area contributed by atoms with Gasteiger partial charge in [0.25, 0.3) is 17.6 Å². The second kappa shape index (κ2) is 8.83. The summed E-state index contributed by atoms with van der Waals surface area (Å²) in [5.41, 5.74) is 1.68. The fraction of sp³-hybridized carbons (Fsp3) is 0.435. The summed E-state index contributed by atoms with van der Waals surface area (Å²) in [6.07, 6.45) is 2.79. The Hall–Kier alpha value is -2.67. The molecular weight excluding hydrogens is 421 g/mol. The molecule has 1 aliphatic heterocycles. The molecule has 0 unspecified atom stereocenters. The van der Waals surface area contributed by atoms with Gasteiger partial charge in [0.2, 0.25) is 0 Å². The van der Waals surface area contributed by atoms with Crippen molar-refractivity contribution in [1.82, 2.24) is 9.88 Å². The lowest BCUT2D eigenvalue weighted by atomic mass is 9.94. The summed E-state index contributed by atoms with van der Waals surface area (Å²) in [5, 5.41) is 5.46. The van der Waals surface area contributed by atoms with Crippen molar-refractivity contribution in [2.45, 2.75) is 65.5 Å². The molecule has 0 saturated carbocycles. The molecule has 0 aliphatic carbocycles. The summed E-state index contributed by atoms with van der Waals surface area (Å²) in [7, 11) is 0. The fourth-order valence-electron chi connectivity index (χ4n) is 3.95. The Morgan fingerprint density at radius 3 is 2.52 bits per heavy atom. The van der Waals surface area contributed by atoms with Crippen molar-refractivity contribution in [3.63, 3.8) is 0 Å². The first-order chi connectivity index (χ1) is 14.6. The van der Waals surface area contributed by atoms with E-state index in [2.05, 4.69) is 10.6 Å². The van der Waals surface area contributed by atoms with Gasteiger partial charge in [0.1, 0.15) is 11.5 Å². The van der Waals surface area contributed by atoms with E-state index in [1.54, 1.807) is 11.5 Å². The second-order valence-electron chi connectivity index (χ2n) is 8.18. The predicted octanol–water partition coefficient (Wildman–Crippen LogP) is 4.67. The molecule has 1 aromatic carbocycles. The van der Waals surface area contributed by atoms with Gasteiger partial charge < -0.3 is 15.2 Å². The van der Waals surface area contributed by atoms with E-state index in [1.165, 1.54) is 18.2 Å². The minimum absolute atomic E-state index is 0.0997. The topological polar surface area (TPSA) is 80.2 Å². The molecule has 0 saturated heterocycles. The number of ketones is 1. The van der Waals surface area contributed by atoms with E-state index < -0.39 is 29.0 Å². The van der Waals surface area contributed by atoms with Gasteiger partial charge in [-0.05, 0) is 63.3 Å². The lowest BCUT2D eigenvalue weighted by Gasteiger charge is -2.27. The Morgan fingerprint density at radius 2 is 1.90 bits per heavy atom. The molecule has 3 rings (SSSR count). The highest BCUT2D eigenvalue weighted by molar-refractivity contribution is 6.44. The average molecular weight is 448 g/mol. The molecule has 0 radical (unpaired) electrons. The van der Waals surface area contributed by atoms with Crippen molar-refractivity contribution < 1.29 is 18.8 Å². The number of anilines is 1. The minimum atomic E-state index is -0.660. The number of halogens is 2. The van der Waals surface area contributed by atoms with E-state index in [0.29, 0.717) is 54.0 Å². The zero-order valence-electron chi connectivity index (χ0n) is 18.2. The predicted molar refractivity (Wildman–Crippen MR) is 118 cm³/mol. The summed E-state index contributed by atoms with van der Waals surface area (Å²) >= 11 is 5.80. The first kappa shape index (κ1) is 23.0. The Labute approximate surface area is 186 Å². The normalized spacial score (nSPS) is 13.1. The lowest BCUT2D eigenvalue weighted by Crippen LogP contribution is -2.48. The molecule has 2 amide bonds. The van der Waals surface area contributed by atoms with Gasteiger partial charge in [0.05, 0.1) is 10.6 Å². The number of Topliss-reactive ketones (excluding diaryl/α,β-unsaturated/α-hetero) is 1. The van der Waals surface area contributed by atoms with Gasteiger partial charge in [-0.1, -0.05) is 25.4 Å². The van der Waals surface area contributed by atoms with Gasteiger partial charge in [-0.15, -0.1) is 0 Å². The van der Waals surface area contributed by atoms with Crippen molar-refractivity contribution in [2.24, 2.45) is 0 Å². The van der Waals surface area contributed by atoms with Crippen molar-refractivity contribution in [3.8, 4) is 0 Å². The largest absolute Gasteiger partial charge is 0.344 e. The molecule has 2 N–H and O–H groups in total. The lowest BCUT2D eigenvalue weighted by molar-refractivity contribution is -0.118. The summed E-state index contributed by atoms with van der Waals surface area (Å²) in [4.78, 5) is 38.9. The molecule has 2 aromatic rings. The molecule has 166 valence electrons. The molecule has 2 heterocycles. The van der Waals surface area contributed by atoms with Crippen LogP contribution in [0.3, 0.4) is 0 Å². The van der Waals surface area contributed by atoms with Crippen LogP contribution in [0.5, 0.6) is 0 Å². The maximum absolute atomic E-state index is 13.4. The number of nitrogens with zero attached hydrogens (tertiary/aromatic N) is 1. The Kier molecular flexibility index (Phi) is 6.55. The van der Waals surface area contributed by atoms with Crippen LogP contribution in [-0.2, 0) is 17.8 Å². The highest BCUT2D eigenvalue weighted by atomic mass is 35.5. The van der Waals surface area contributed by atoms with Gasteiger partial charge in [-0.25, -0.2) is 4.39 Å². The molecule has 0 bridgehead atoms. The molecule has 0 fully saturated rings. The van der Waals surface area contributed by atoms with E-state index in [4.69, 9.17) is 11.6 Å².